The predicted octanol–water partition coefficient (Wildman–Crippen LogP) is 11.9. The van der Waals surface area contributed by atoms with Gasteiger partial charge in [-0.2, -0.15) is 0 Å². The normalized spacial score (nSPS) is 11.9. The van der Waals surface area contributed by atoms with Crippen LogP contribution in [0, 0.1) is 0 Å². The van der Waals surface area contributed by atoms with Gasteiger partial charge in [-0.15, -0.1) is 0 Å². The van der Waals surface area contributed by atoms with Crippen LogP contribution in [-0.2, 0) is 0 Å². The maximum Gasteiger partial charge on any atom is 0.162 e. The Morgan fingerprint density at radius 3 is 1.46 bits per heavy atom. The molecule has 0 aliphatic heterocycles. The van der Waals surface area contributed by atoms with E-state index in [1.807, 2.05) is 43.0 Å². The van der Waals surface area contributed by atoms with Gasteiger partial charge in [-0.3, -0.25) is 14.5 Å². The van der Waals surface area contributed by atoms with Crippen molar-refractivity contribution in [1.29, 1.82) is 0 Å². The first-order valence-electron chi connectivity index (χ1n) is 19.1. The van der Waals surface area contributed by atoms with Crippen molar-refractivity contribution in [3.05, 3.63) is 189 Å². The SMILES string of the molecule is c1ccc(-c2nc(-c3cccc(-n4c5ccccc5c5ccncc54)c3-n3c4ccccc4c4ccncc43)cc(-n3c4ccccc4c4ccccc43)n2)cc1. The van der Waals surface area contributed by atoms with E-state index >= 15 is 0 Å². The van der Waals surface area contributed by atoms with E-state index in [9.17, 15) is 0 Å². The Labute approximate surface area is 326 Å². The van der Waals surface area contributed by atoms with Crippen molar-refractivity contribution in [3.8, 4) is 39.8 Å². The summed E-state index contributed by atoms with van der Waals surface area (Å²) in [4.78, 5) is 20.1. The van der Waals surface area contributed by atoms with Gasteiger partial charge in [0.1, 0.15) is 5.82 Å². The molecule has 0 fully saturated rings. The summed E-state index contributed by atoms with van der Waals surface area (Å²) in [6.45, 7) is 0. The van der Waals surface area contributed by atoms with Crippen LogP contribution < -0.4 is 0 Å². The lowest BCUT2D eigenvalue weighted by Crippen LogP contribution is -2.08. The third-order valence-electron chi connectivity index (χ3n) is 11.3. The fourth-order valence-electron chi connectivity index (χ4n) is 8.86. The van der Waals surface area contributed by atoms with Crippen LogP contribution >= 0.6 is 0 Å². The molecule has 12 aromatic rings. The maximum absolute atomic E-state index is 5.45. The first kappa shape index (κ1) is 31.5. The molecule has 0 N–H and O–H groups in total. The first-order valence-corrected chi connectivity index (χ1v) is 19.1. The molecule has 7 heteroatoms. The van der Waals surface area contributed by atoms with Crippen molar-refractivity contribution < 1.29 is 0 Å². The number of fused-ring (bicyclic) bond motifs is 9. The second-order valence-electron chi connectivity index (χ2n) is 14.3. The summed E-state index contributed by atoms with van der Waals surface area (Å²) in [5.74, 6) is 1.43. The third-order valence-corrected chi connectivity index (χ3v) is 11.3. The molecule has 0 radical (unpaired) electrons. The highest BCUT2D eigenvalue weighted by molar-refractivity contribution is 6.12. The lowest BCUT2D eigenvalue weighted by molar-refractivity contribution is 1.04. The van der Waals surface area contributed by atoms with Gasteiger partial charge in [0, 0.05) is 61.9 Å². The van der Waals surface area contributed by atoms with Gasteiger partial charge in [-0.05, 0) is 42.5 Å². The maximum atomic E-state index is 5.45. The highest BCUT2D eigenvalue weighted by Crippen LogP contribution is 2.42. The van der Waals surface area contributed by atoms with Crippen molar-refractivity contribution in [2.24, 2.45) is 0 Å². The van der Waals surface area contributed by atoms with Crippen LogP contribution in [0.15, 0.2) is 189 Å². The number of pyridine rings is 2. The standard InChI is InChI=1S/C50H31N7/c1-2-13-32(14-3-1)50-53-40(29-48(54-50)56-42-21-9-5-15-33(42)34-16-6-10-22-43(34)56)39-19-12-24-45(55-41-20-8-4-17-35(41)37-25-27-51-30-46(37)55)49(39)57-44-23-11-7-18-36(44)38-26-28-52-31-47(38)57/h1-31H. The van der Waals surface area contributed by atoms with Crippen LogP contribution in [0.3, 0.4) is 0 Å². The van der Waals surface area contributed by atoms with Gasteiger partial charge < -0.3 is 9.13 Å². The fraction of sp³-hybridized carbons (Fsp3) is 0. The molecule has 6 heterocycles. The zero-order valence-corrected chi connectivity index (χ0v) is 30.5. The van der Waals surface area contributed by atoms with Crippen LogP contribution in [-0.4, -0.2) is 33.6 Å². The Hall–Kier alpha value is -7.90. The lowest BCUT2D eigenvalue weighted by Gasteiger charge is -2.21. The second kappa shape index (κ2) is 12.3. The molecule has 6 aromatic carbocycles. The van der Waals surface area contributed by atoms with Crippen molar-refractivity contribution in [2.45, 2.75) is 0 Å². The highest BCUT2D eigenvalue weighted by Gasteiger charge is 2.24. The van der Waals surface area contributed by atoms with Gasteiger partial charge in [0.2, 0.25) is 0 Å². The molecule has 0 aliphatic rings. The third kappa shape index (κ3) is 4.66. The molecule has 266 valence electrons. The Balaban J connectivity index is 1.25. The Kier molecular flexibility index (Phi) is 6.79. The van der Waals surface area contributed by atoms with Crippen molar-refractivity contribution in [1.82, 2.24) is 33.6 Å². The lowest BCUT2D eigenvalue weighted by atomic mass is 10.1. The Bertz CT molecular complexity index is 3380. The average molecular weight is 730 g/mol. The number of hydrogen-bond acceptors (Lipinski definition) is 4. The molecule has 0 spiro atoms. The van der Waals surface area contributed by atoms with E-state index in [1.165, 1.54) is 10.8 Å². The summed E-state index contributed by atoms with van der Waals surface area (Å²) >= 11 is 0. The van der Waals surface area contributed by atoms with Crippen LogP contribution in [0.4, 0.5) is 0 Å². The molecule has 57 heavy (non-hydrogen) atoms. The highest BCUT2D eigenvalue weighted by atomic mass is 15.1. The van der Waals surface area contributed by atoms with Gasteiger partial charge in [0.05, 0.1) is 62.6 Å². The van der Waals surface area contributed by atoms with Crippen LogP contribution in [0.25, 0.3) is 105 Å². The summed E-state index contributed by atoms with van der Waals surface area (Å²) in [5, 5.41) is 6.94. The van der Waals surface area contributed by atoms with E-state index in [0.29, 0.717) is 5.82 Å². The van der Waals surface area contributed by atoms with Gasteiger partial charge in [-0.1, -0.05) is 115 Å². The number of hydrogen-bond donors (Lipinski definition) is 0. The molecular weight excluding hydrogens is 699 g/mol. The van der Waals surface area contributed by atoms with Crippen molar-refractivity contribution >= 4 is 65.4 Å². The average Bonchev–Trinajstić information content (AvgIpc) is 3.92. The molecule has 0 saturated heterocycles. The number of benzene rings is 6. The van der Waals surface area contributed by atoms with Crippen LogP contribution in [0.5, 0.6) is 0 Å². The number of rotatable bonds is 5. The van der Waals surface area contributed by atoms with Gasteiger partial charge in [0.25, 0.3) is 0 Å². The molecule has 6 aromatic heterocycles. The number of nitrogens with zero attached hydrogens (tertiary/aromatic N) is 7. The molecule has 0 bridgehead atoms. The molecule has 7 nitrogen and oxygen atoms in total. The molecular formula is C50H31N7. The topological polar surface area (TPSA) is 66.3 Å². The molecule has 0 saturated carbocycles. The minimum atomic E-state index is 0.645. The summed E-state index contributed by atoms with van der Waals surface area (Å²) in [5.41, 5.74) is 11.0. The number of aromatic nitrogens is 7. The second-order valence-corrected chi connectivity index (χ2v) is 14.3. The number of para-hydroxylation sites is 5. The predicted molar refractivity (Wildman–Crippen MR) is 232 cm³/mol. The Morgan fingerprint density at radius 2 is 0.860 bits per heavy atom. The summed E-state index contributed by atoms with van der Waals surface area (Å²) in [6.07, 6.45) is 7.69. The van der Waals surface area contributed by atoms with Gasteiger partial charge in [0.15, 0.2) is 5.82 Å². The molecule has 0 unspecified atom stereocenters. The van der Waals surface area contributed by atoms with Crippen molar-refractivity contribution in [2.75, 3.05) is 0 Å². The van der Waals surface area contributed by atoms with Crippen LogP contribution in [0.1, 0.15) is 0 Å². The fourth-order valence-corrected chi connectivity index (χ4v) is 8.86. The quantitative estimate of drug-likeness (QED) is 0.177. The van der Waals surface area contributed by atoms with E-state index in [4.69, 9.17) is 9.97 Å². The van der Waals surface area contributed by atoms with Gasteiger partial charge in [-0.25, -0.2) is 9.97 Å². The Morgan fingerprint density at radius 1 is 0.368 bits per heavy atom. The first-order chi connectivity index (χ1) is 28.3. The monoisotopic (exact) mass is 729 g/mol. The van der Waals surface area contributed by atoms with E-state index in [-0.39, 0.29) is 0 Å². The minimum absolute atomic E-state index is 0.645. The zero-order chi connectivity index (χ0) is 37.5. The molecule has 0 amide bonds. The van der Waals surface area contributed by atoms with Gasteiger partial charge >= 0.3 is 0 Å². The summed E-state index contributed by atoms with van der Waals surface area (Å²) in [6, 6.07) is 57.5. The van der Waals surface area contributed by atoms with Crippen molar-refractivity contribution in [3.63, 3.8) is 0 Å². The van der Waals surface area contributed by atoms with E-state index in [1.54, 1.807) is 0 Å². The van der Waals surface area contributed by atoms with E-state index in [0.717, 1.165) is 88.7 Å². The van der Waals surface area contributed by atoms with Crippen LogP contribution in [0.2, 0.25) is 0 Å². The summed E-state index contributed by atoms with van der Waals surface area (Å²) in [7, 11) is 0. The minimum Gasteiger partial charge on any atom is -0.306 e. The largest absolute Gasteiger partial charge is 0.306 e. The van der Waals surface area contributed by atoms with E-state index < -0.39 is 0 Å². The molecule has 0 aliphatic carbocycles. The van der Waals surface area contributed by atoms with E-state index in [2.05, 4.69) is 169 Å². The molecule has 0 atom stereocenters. The molecule has 12 rings (SSSR count). The summed E-state index contributed by atoms with van der Waals surface area (Å²) < 4.78 is 6.99. The zero-order valence-electron chi connectivity index (χ0n) is 30.5. The smallest absolute Gasteiger partial charge is 0.162 e.